The summed E-state index contributed by atoms with van der Waals surface area (Å²) in [4.78, 5) is 4.43. The second kappa shape index (κ2) is 4.92. The highest BCUT2D eigenvalue weighted by Gasteiger charge is 2.15. The van der Waals surface area contributed by atoms with E-state index in [4.69, 9.17) is 0 Å². The lowest BCUT2D eigenvalue weighted by atomic mass is 9.85. The maximum absolute atomic E-state index is 4.43. The van der Waals surface area contributed by atoms with Gasteiger partial charge in [0.05, 0.1) is 5.69 Å². The number of hydrogen-bond acceptors (Lipinski definition) is 1. The van der Waals surface area contributed by atoms with Gasteiger partial charge in [-0.2, -0.15) is 0 Å². The Kier molecular flexibility index (Phi) is 3.57. The quantitative estimate of drug-likeness (QED) is 0.726. The Labute approximate surface area is 94.1 Å². The zero-order valence-electron chi connectivity index (χ0n) is 8.38. The van der Waals surface area contributed by atoms with Crippen LogP contribution in [0.2, 0.25) is 0 Å². The molecule has 1 fully saturated rings. The topological polar surface area (TPSA) is 12.9 Å². The van der Waals surface area contributed by atoms with E-state index in [1.165, 1.54) is 37.7 Å². The van der Waals surface area contributed by atoms with E-state index in [1.54, 1.807) is 0 Å². The number of nitrogens with zero attached hydrogens (tertiary/aromatic N) is 1. The molecule has 1 aromatic rings. The molecule has 1 aliphatic carbocycles. The van der Waals surface area contributed by atoms with E-state index in [0.717, 1.165) is 16.9 Å². The molecule has 1 saturated carbocycles. The molecule has 14 heavy (non-hydrogen) atoms. The Balaban J connectivity index is 2.07. The first-order valence-corrected chi connectivity index (χ1v) is 6.53. The van der Waals surface area contributed by atoms with Crippen molar-refractivity contribution in [2.75, 3.05) is 0 Å². The van der Waals surface area contributed by atoms with Crippen LogP contribution in [0, 0.1) is 0 Å². The van der Waals surface area contributed by atoms with Gasteiger partial charge in [-0.15, -0.1) is 0 Å². The maximum Gasteiger partial charge on any atom is 0.0509 e. The van der Waals surface area contributed by atoms with E-state index in [1.807, 2.05) is 0 Å². The van der Waals surface area contributed by atoms with Gasteiger partial charge in [-0.25, -0.2) is 0 Å². The summed E-state index contributed by atoms with van der Waals surface area (Å²) in [5, 5.41) is 0.859. The molecule has 0 aliphatic heterocycles. The summed E-state index contributed by atoms with van der Waals surface area (Å²) < 4.78 is 0. The average Bonchev–Trinajstić information content (AvgIpc) is 2.30. The van der Waals surface area contributed by atoms with Gasteiger partial charge in [0.2, 0.25) is 0 Å². The molecule has 0 bridgehead atoms. The molecule has 1 heterocycles. The predicted molar refractivity (Wildman–Crippen MR) is 62.7 cm³/mol. The standard InChI is InChI=1S/C12H16BrN/c13-8-12-7-6-11(9-14-12)10-4-2-1-3-5-10/h6-7,9-10H,1-5,8H2. The number of halogens is 1. The minimum absolute atomic E-state index is 0.778. The monoisotopic (exact) mass is 253 g/mol. The fourth-order valence-corrected chi connectivity index (χ4v) is 2.52. The summed E-state index contributed by atoms with van der Waals surface area (Å²) in [5.74, 6) is 0.778. The third-order valence-electron chi connectivity index (χ3n) is 3.06. The van der Waals surface area contributed by atoms with E-state index in [-0.39, 0.29) is 0 Å². The average molecular weight is 254 g/mol. The molecular weight excluding hydrogens is 238 g/mol. The fourth-order valence-electron chi connectivity index (χ4n) is 2.19. The van der Waals surface area contributed by atoms with Crippen LogP contribution in [0.25, 0.3) is 0 Å². The highest BCUT2D eigenvalue weighted by atomic mass is 79.9. The summed E-state index contributed by atoms with van der Waals surface area (Å²) >= 11 is 3.42. The Morgan fingerprint density at radius 2 is 2.00 bits per heavy atom. The van der Waals surface area contributed by atoms with Crippen molar-refractivity contribution in [3.8, 4) is 0 Å². The SMILES string of the molecule is BrCc1ccc(C2CCCCC2)cn1. The molecule has 0 amide bonds. The maximum atomic E-state index is 4.43. The Bertz CT molecular complexity index is 275. The Morgan fingerprint density at radius 3 is 2.57 bits per heavy atom. The van der Waals surface area contributed by atoms with Gasteiger partial charge in [0.15, 0.2) is 0 Å². The minimum Gasteiger partial charge on any atom is -0.260 e. The van der Waals surface area contributed by atoms with Gasteiger partial charge in [-0.05, 0) is 30.4 Å². The van der Waals surface area contributed by atoms with E-state index in [9.17, 15) is 0 Å². The molecule has 76 valence electrons. The minimum atomic E-state index is 0.778. The van der Waals surface area contributed by atoms with Crippen LogP contribution in [-0.4, -0.2) is 4.98 Å². The molecule has 1 nitrogen and oxygen atoms in total. The van der Waals surface area contributed by atoms with Crippen LogP contribution in [0.5, 0.6) is 0 Å². The van der Waals surface area contributed by atoms with Gasteiger partial charge in [0.25, 0.3) is 0 Å². The summed E-state index contributed by atoms with van der Waals surface area (Å²) in [6, 6.07) is 4.39. The number of rotatable bonds is 2. The predicted octanol–water partition coefficient (Wildman–Crippen LogP) is 4.02. The normalized spacial score (nSPS) is 18.4. The molecular formula is C12H16BrN. The zero-order valence-corrected chi connectivity index (χ0v) is 9.96. The van der Waals surface area contributed by atoms with Gasteiger partial charge >= 0.3 is 0 Å². The van der Waals surface area contributed by atoms with Crippen molar-refractivity contribution in [1.82, 2.24) is 4.98 Å². The van der Waals surface area contributed by atoms with Gasteiger partial charge in [-0.3, -0.25) is 4.98 Å². The molecule has 2 heteroatoms. The molecule has 0 aromatic carbocycles. The van der Waals surface area contributed by atoms with E-state index < -0.39 is 0 Å². The van der Waals surface area contributed by atoms with Crippen molar-refractivity contribution in [2.24, 2.45) is 0 Å². The van der Waals surface area contributed by atoms with E-state index >= 15 is 0 Å². The van der Waals surface area contributed by atoms with Crippen molar-refractivity contribution in [3.63, 3.8) is 0 Å². The highest BCUT2D eigenvalue weighted by molar-refractivity contribution is 9.08. The summed E-state index contributed by atoms with van der Waals surface area (Å²) in [6.07, 6.45) is 8.98. The van der Waals surface area contributed by atoms with Crippen LogP contribution in [0.15, 0.2) is 18.3 Å². The van der Waals surface area contributed by atoms with Crippen LogP contribution in [0.1, 0.15) is 49.3 Å². The number of aromatic nitrogens is 1. The van der Waals surface area contributed by atoms with Gasteiger partial charge in [-0.1, -0.05) is 41.3 Å². The first kappa shape index (κ1) is 10.2. The molecule has 0 radical (unpaired) electrons. The molecule has 0 saturated heterocycles. The van der Waals surface area contributed by atoms with Crippen LogP contribution in [-0.2, 0) is 5.33 Å². The van der Waals surface area contributed by atoms with Gasteiger partial charge in [0, 0.05) is 11.5 Å². The molecule has 0 unspecified atom stereocenters. The molecule has 0 spiro atoms. The van der Waals surface area contributed by atoms with Crippen molar-refractivity contribution in [3.05, 3.63) is 29.6 Å². The first-order chi connectivity index (χ1) is 6.90. The van der Waals surface area contributed by atoms with E-state index in [0.29, 0.717) is 0 Å². The third-order valence-corrected chi connectivity index (χ3v) is 3.64. The zero-order chi connectivity index (χ0) is 9.80. The van der Waals surface area contributed by atoms with Crippen molar-refractivity contribution < 1.29 is 0 Å². The lowest BCUT2D eigenvalue weighted by Gasteiger charge is -2.21. The first-order valence-electron chi connectivity index (χ1n) is 5.41. The summed E-state index contributed by atoms with van der Waals surface area (Å²) in [5.41, 5.74) is 2.57. The fraction of sp³-hybridized carbons (Fsp3) is 0.583. The summed E-state index contributed by atoms with van der Waals surface area (Å²) in [6.45, 7) is 0. The van der Waals surface area contributed by atoms with Crippen LogP contribution in [0.4, 0.5) is 0 Å². The van der Waals surface area contributed by atoms with Crippen LogP contribution < -0.4 is 0 Å². The largest absolute Gasteiger partial charge is 0.260 e. The molecule has 0 N–H and O–H groups in total. The van der Waals surface area contributed by atoms with Crippen LogP contribution >= 0.6 is 15.9 Å². The Hall–Kier alpha value is -0.370. The second-order valence-electron chi connectivity index (χ2n) is 4.05. The number of alkyl halides is 1. The highest BCUT2D eigenvalue weighted by Crippen LogP contribution is 2.32. The van der Waals surface area contributed by atoms with Crippen molar-refractivity contribution in [1.29, 1.82) is 0 Å². The molecule has 1 aromatic heterocycles. The number of hydrogen-bond donors (Lipinski definition) is 0. The van der Waals surface area contributed by atoms with Crippen molar-refractivity contribution >= 4 is 15.9 Å². The van der Waals surface area contributed by atoms with E-state index in [2.05, 4.69) is 39.2 Å². The summed E-state index contributed by atoms with van der Waals surface area (Å²) in [7, 11) is 0. The lowest BCUT2D eigenvalue weighted by molar-refractivity contribution is 0.443. The van der Waals surface area contributed by atoms with Crippen LogP contribution in [0.3, 0.4) is 0 Å². The van der Waals surface area contributed by atoms with Gasteiger partial charge in [0.1, 0.15) is 0 Å². The molecule has 0 atom stereocenters. The lowest BCUT2D eigenvalue weighted by Crippen LogP contribution is -2.05. The molecule has 2 rings (SSSR count). The third kappa shape index (κ3) is 2.35. The number of pyridine rings is 1. The van der Waals surface area contributed by atoms with Crippen molar-refractivity contribution in [2.45, 2.75) is 43.4 Å². The Morgan fingerprint density at radius 1 is 1.21 bits per heavy atom. The smallest absolute Gasteiger partial charge is 0.0509 e. The van der Waals surface area contributed by atoms with Gasteiger partial charge < -0.3 is 0 Å². The second-order valence-corrected chi connectivity index (χ2v) is 4.61. The molecule has 1 aliphatic rings.